The maximum Gasteiger partial charge on any atom is 0.243 e. The highest BCUT2D eigenvalue weighted by Gasteiger charge is 2.38. The lowest BCUT2D eigenvalue weighted by molar-refractivity contribution is -0.0379. The average molecular weight is 365 g/mol. The number of benzene rings is 2. The summed E-state index contributed by atoms with van der Waals surface area (Å²) in [5, 5.41) is 1.48. The van der Waals surface area contributed by atoms with Gasteiger partial charge in [0.05, 0.1) is 30.8 Å². The van der Waals surface area contributed by atoms with E-state index in [1.165, 1.54) is 4.31 Å². The number of rotatable bonds is 8. The summed E-state index contributed by atoms with van der Waals surface area (Å²) in [5.74, 6) is 0.696. The average Bonchev–Trinajstić information content (AvgIpc) is 2.57. The Bertz CT molecular complexity index is 830. The first-order valence-corrected chi connectivity index (χ1v) is 9.77. The van der Waals surface area contributed by atoms with E-state index in [-0.39, 0.29) is 6.10 Å². The van der Waals surface area contributed by atoms with E-state index in [2.05, 4.69) is 0 Å². The quantitative estimate of drug-likeness (QED) is 0.672. The van der Waals surface area contributed by atoms with Crippen molar-refractivity contribution in [3.63, 3.8) is 0 Å². The molecule has 0 bridgehead atoms. The van der Waals surface area contributed by atoms with Gasteiger partial charge < -0.3 is 14.2 Å². The van der Waals surface area contributed by atoms with Gasteiger partial charge in [-0.15, -0.1) is 0 Å². The van der Waals surface area contributed by atoms with Crippen LogP contribution in [-0.4, -0.2) is 58.8 Å². The van der Waals surface area contributed by atoms with E-state index < -0.39 is 10.0 Å². The van der Waals surface area contributed by atoms with Crippen LogP contribution in [0.25, 0.3) is 10.8 Å². The monoisotopic (exact) mass is 365 g/mol. The highest BCUT2D eigenvalue weighted by Crippen LogP contribution is 2.34. The molecule has 136 valence electrons. The largest absolute Gasteiger partial charge is 0.493 e. The molecule has 1 aliphatic heterocycles. The van der Waals surface area contributed by atoms with Gasteiger partial charge in [-0.1, -0.05) is 24.3 Å². The Hall–Kier alpha value is -1.67. The first-order chi connectivity index (χ1) is 12.1. The number of ether oxygens (including phenoxy) is 3. The molecule has 25 heavy (non-hydrogen) atoms. The molecule has 0 amide bonds. The van der Waals surface area contributed by atoms with Crippen molar-refractivity contribution < 1.29 is 22.6 Å². The van der Waals surface area contributed by atoms with Gasteiger partial charge in [-0.05, 0) is 19.1 Å². The zero-order chi connectivity index (χ0) is 17.9. The second kappa shape index (κ2) is 7.70. The molecule has 1 saturated heterocycles. The molecule has 7 heteroatoms. The van der Waals surface area contributed by atoms with Crippen LogP contribution in [-0.2, 0) is 19.5 Å². The van der Waals surface area contributed by atoms with E-state index in [1.54, 1.807) is 19.2 Å². The number of sulfonamides is 1. The van der Waals surface area contributed by atoms with E-state index in [0.29, 0.717) is 48.9 Å². The van der Waals surface area contributed by atoms with Crippen LogP contribution in [0, 0.1) is 0 Å². The second-order valence-electron chi connectivity index (χ2n) is 5.85. The Morgan fingerprint density at radius 2 is 1.80 bits per heavy atom. The number of methoxy groups -OCH3 is 1. The fraction of sp³-hybridized carbons (Fsp3) is 0.444. The maximum atomic E-state index is 13.0. The molecule has 2 aromatic rings. The minimum atomic E-state index is -3.56. The zero-order valence-corrected chi connectivity index (χ0v) is 15.3. The number of fused-ring (bicyclic) bond motifs is 1. The van der Waals surface area contributed by atoms with Gasteiger partial charge in [0, 0.05) is 31.0 Å². The normalized spacial score (nSPS) is 16.1. The van der Waals surface area contributed by atoms with Gasteiger partial charge in [-0.3, -0.25) is 0 Å². The first kappa shape index (κ1) is 18.1. The predicted octanol–water partition coefficient (Wildman–Crippen LogP) is 2.27. The molecule has 0 saturated carbocycles. The summed E-state index contributed by atoms with van der Waals surface area (Å²) in [5.41, 5.74) is 0. The van der Waals surface area contributed by atoms with Crippen LogP contribution in [0.5, 0.6) is 5.75 Å². The van der Waals surface area contributed by atoms with Crippen LogP contribution in [0.4, 0.5) is 0 Å². The molecule has 1 fully saturated rings. The Kier molecular flexibility index (Phi) is 5.58. The molecule has 3 rings (SSSR count). The third-order valence-electron chi connectivity index (χ3n) is 4.22. The molecular weight excluding hydrogens is 342 g/mol. The van der Waals surface area contributed by atoms with Gasteiger partial charge in [0.25, 0.3) is 0 Å². The van der Waals surface area contributed by atoms with Gasteiger partial charge >= 0.3 is 0 Å². The van der Waals surface area contributed by atoms with Crippen molar-refractivity contribution in [2.24, 2.45) is 0 Å². The van der Waals surface area contributed by atoms with E-state index in [0.717, 1.165) is 5.39 Å². The molecule has 1 heterocycles. The molecule has 6 nitrogen and oxygen atoms in total. The molecule has 0 aliphatic carbocycles. The minimum absolute atomic E-state index is 0.0705. The van der Waals surface area contributed by atoms with Crippen molar-refractivity contribution in [2.45, 2.75) is 17.9 Å². The molecule has 2 aromatic carbocycles. The summed E-state index contributed by atoms with van der Waals surface area (Å²) in [7, 11) is -1.95. The van der Waals surface area contributed by atoms with E-state index in [4.69, 9.17) is 14.2 Å². The molecule has 0 spiro atoms. The Balaban J connectivity index is 1.83. The summed E-state index contributed by atoms with van der Waals surface area (Å²) < 4.78 is 43.5. The Morgan fingerprint density at radius 1 is 1.08 bits per heavy atom. The molecular formula is C18H23NO5S. The van der Waals surface area contributed by atoms with Crippen LogP contribution in [0.2, 0.25) is 0 Å². The predicted molar refractivity (Wildman–Crippen MR) is 95.5 cm³/mol. The molecule has 1 aliphatic rings. The lowest BCUT2D eigenvalue weighted by Gasteiger charge is -2.37. The minimum Gasteiger partial charge on any atom is -0.493 e. The lowest BCUT2D eigenvalue weighted by Crippen LogP contribution is -2.54. The van der Waals surface area contributed by atoms with Gasteiger partial charge in [-0.2, -0.15) is 4.31 Å². The van der Waals surface area contributed by atoms with Gasteiger partial charge in [0.2, 0.25) is 10.0 Å². The van der Waals surface area contributed by atoms with Crippen molar-refractivity contribution >= 4 is 20.8 Å². The van der Waals surface area contributed by atoms with Crippen molar-refractivity contribution in [1.82, 2.24) is 4.31 Å². The van der Waals surface area contributed by atoms with Crippen molar-refractivity contribution in [3.05, 3.63) is 36.4 Å². The lowest BCUT2D eigenvalue weighted by atomic mass is 10.1. The fourth-order valence-corrected chi connectivity index (χ4v) is 4.59. The fourth-order valence-electron chi connectivity index (χ4n) is 2.89. The third-order valence-corrected chi connectivity index (χ3v) is 6.11. The first-order valence-electron chi connectivity index (χ1n) is 8.33. The summed E-state index contributed by atoms with van der Waals surface area (Å²) in [6.45, 7) is 4.15. The summed E-state index contributed by atoms with van der Waals surface area (Å²) in [6.07, 6.45) is -0.0705. The summed E-state index contributed by atoms with van der Waals surface area (Å²) in [4.78, 5) is 0.307. The van der Waals surface area contributed by atoms with Crippen LogP contribution in [0.15, 0.2) is 41.3 Å². The Labute approximate surface area is 148 Å². The summed E-state index contributed by atoms with van der Waals surface area (Å²) in [6, 6.07) is 10.8. The van der Waals surface area contributed by atoms with Gasteiger partial charge in [0.15, 0.2) is 0 Å². The van der Waals surface area contributed by atoms with Crippen LogP contribution >= 0.6 is 0 Å². The summed E-state index contributed by atoms with van der Waals surface area (Å²) >= 11 is 0. The maximum absolute atomic E-state index is 13.0. The topological polar surface area (TPSA) is 65.1 Å². The molecule has 0 aromatic heterocycles. The zero-order valence-electron chi connectivity index (χ0n) is 14.5. The van der Waals surface area contributed by atoms with Crippen molar-refractivity contribution in [3.8, 4) is 5.75 Å². The standard InChI is InChI=1S/C18H23NO5S/c1-3-23-17-8-9-18(16-7-5-4-6-15(16)17)25(20,21)19-12-14(13-19)24-11-10-22-2/h4-9,14H,3,10-13H2,1-2H3. The number of nitrogens with zero attached hydrogens (tertiary/aromatic N) is 1. The molecule has 0 atom stereocenters. The second-order valence-corrected chi connectivity index (χ2v) is 7.75. The molecule has 0 N–H and O–H groups in total. The third kappa shape index (κ3) is 3.64. The van der Waals surface area contributed by atoms with Gasteiger partial charge in [-0.25, -0.2) is 8.42 Å². The molecule has 0 radical (unpaired) electrons. The van der Waals surface area contributed by atoms with Gasteiger partial charge in [0.1, 0.15) is 5.75 Å². The van der Waals surface area contributed by atoms with E-state index in [1.807, 2.05) is 31.2 Å². The highest BCUT2D eigenvalue weighted by atomic mass is 32.2. The Morgan fingerprint density at radius 3 is 2.48 bits per heavy atom. The SMILES string of the molecule is CCOc1ccc(S(=O)(=O)N2CC(OCCOC)C2)c2ccccc12. The van der Waals surface area contributed by atoms with Crippen LogP contribution in [0.3, 0.4) is 0 Å². The van der Waals surface area contributed by atoms with Crippen molar-refractivity contribution in [1.29, 1.82) is 0 Å². The van der Waals surface area contributed by atoms with Crippen LogP contribution < -0.4 is 4.74 Å². The smallest absolute Gasteiger partial charge is 0.243 e. The van der Waals surface area contributed by atoms with Crippen LogP contribution in [0.1, 0.15) is 6.92 Å². The highest BCUT2D eigenvalue weighted by molar-refractivity contribution is 7.89. The number of hydrogen-bond donors (Lipinski definition) is 0. The molecule has 0 unspecified atom stereocenters. The van der Waals surface area contributed by atoms with E-state index >= 15 is 0 Å². The number of hydrogen-bond acceptors (Lipinski definition) is 5. The van der Waals surface area contributed by atoms with Crippen molar-refractivity contribution in [2.75, 3.05) is 40.0 Å². The van der Waals surface area contributed by atoms with E-state index in [9.17, 15) is 8.42 Å².